The van der Waals surface area contributed by atoms with Crippen LogP contribution in [0.5, 0.6) is 0 Å². The molecule has 6 heteroatoms. The quantitative estimate of drug-likeness (QED) is 0.846. The maximum Gasteiger partial charge on any atom is 0.406 e. The van der Waals surface area contributed by atoms with Gasteiger partial charge in [0.1, 0.15) is 6.54 Å². The van der Waals surface area contributed by atoms with Crippen LogP contribution >= 0.6 is 0 Å². The highest BCUT2D eigenvalue weighted by Crippen LogP contribution is 2.23. The van der Waals surface area contributed by atoms with Gasteiger partial charge in [0.15, 0.2) is 0 Å². The number of rotatable bonds is 5. The van der Waals surface area contributed by atoms with Crippen molar-refractivity contribution in [3.05, 3.63) is 29.8 Å². The van der Waals surface area contributed by atoms with Gasteiger partial charge < -0.3 is 10.6 Å². The van der Waals surface area contributed by atoms with Gasteiger partial charge in [-0.25, -0.2) is 0 Å². The van der Waals surface area contributed by atoms with Gasteiger partial charge >= 0.3 is 6.18 Å². The molecule has 0 saturated heterocycles. The number of nitrogens with two attached hydrogens (primary N) is 1. The van der Waals surface area contributed by atoms with E-state index in [4.69, 9.17) is 5.73 Å². The number of hydrogen-bond acceptors (Lipinski definition) is 2. The number of hydrogen-bond donors (Lipinski definition) is 1. The molecule has 112 valence electrons. The van der Waals surface area contributed by atoms with E-state index in [2.05, 4.69) is 0 Å². The number of anilines is 1. The van der Waals surface area contributed by atoms with Crippen LogP contribution in [0.15, 0.2) is 24.3 Å². The molecular formula is C14H19F3N2O. The molecule has 1 rings (SSSR count). The number of benzene rings is 1. The Kier molecular flexibility index (Phi) is 5.42. The molecule has 0 radical (unpaired) electrons. The van der Waals surface area contributed by atoms with Crippen molar-refractivity contribution in [1.29, 1.82) is 0 Å². The number of nitrogens with zero attached hydrogens (tertiary/aromatic N) is 1. The Morgan fingerprint density at radius 3 is 2.55 bits per heavy atom. The standard InChI is InChI=1S/C14H19F3N2O/c1-3-7-19(9-14(15,16)17)13(20)10(2)11-5-4-6-12(18)8-11/h4-6,8,10H,3,7,9,18H2,1-2H3. The highest BCUT2D eigenvalue weighted by molar-refractivity contribution is 5.83. The smallest absolute Gasteiger partial charge is 0.399 e. The lowest BCUT2D eigenvalue weighted by Crippen LogP contribution is -2.41. The molecule has 1 aromatic rings. The molecule has 1 unspecified atom stereocenters. The summed E-state index contributed by atoms with van der Waals surface area (Å²) in [6, 6.07) is 6.65. The van der Waals surface area contributed by atoms with Crippen molar-refractivity contribution >= 4 is 11.6 Å². The second-order valence-electron chi connectivity index (χ2n) is 4.77. The van der Waals surface area contributed by atoms with E-state index in [1.54, 1.807) is 38.1 Å². The molecule has 2 N–H and O–H groups in total. The van der Waals surface area contributed by atoms with Gasteiger partial charge in [-0.1, -0.05) is 19.1 Å². The van der Waals surface area contributed by atoms with Crippen molar-refractivity contribution in [2.75, 3.05) is 18.8 Å². The average molecular weight is 288 g/mol. The molecule has 0 aliphatic heterocycles. The highest BCUT2D eigenvalue weighted by Gasteiger charge is 2.34. The molecule has 0 bridgehead atoms. The fourth-order valence-electron chi connectivity index (χ4n) is 2.00. The van der Waals surface area contributed by atoms with E-state index in [9.17, 15) is 18.0 Å². The molecule has 0 aliphatic carbocycles. The van der Waals surface area contributed by atoms with E-state index < -0.39 is 24.5 Å². The third-order valence-corrected chi connectivity index (χ3v) is 2.96. The molecule has 0 heterocycles. The third kappa shape index (κ3) is 4.75. The van der Waals surface area contributed by atoms with E-state index in [1.807, 2.05) is 0 Å². The topological polar surface area (TPSA) is 46.3 Å². The molecule has 0 aromatic heterocycles. The largest absolute Gasteiger partial charge is 0.406 e. The third-order valence-electron chi connectivity index (χ3n) is 2.96. The van der Waals surface area contributed by atoms with Crippen LogP contribution in [0.1, 0.15) is 31.7 Å². The lowest BCUT2D eigenvalue weighted by atomic mass is 9.99. The first-order valence-electron chi connectivity index (χ1n) is 6.45. The summed E-state index contributed by atoms with van der Waals surface area (Å²) in [6.45, 7) is 2.20. The van der Waals surface area contributed by atoms with Gasteiger partial charge in [-0.2, -0.15) is 13.2 Å². The van der Waals surface area contributed by atoms with E-state index in [0.29, 0.717) is 17.7 Å². The van der Waals surface area contributed by atoms with Crippen molar-refractivity contribution in [3.8, 4) is 0 Å². The highest BCUT2D eigenvalue weighted by atomic mass is 19.4. The summed E-state index contributed by atoms with van der Waals surface area (Å²) in [5.41, 5.74) is 6.74. The minimum atomic E-state index is -4.39. The van der Waals surface area contributed by atoms with Gasteiger partial charge in [0, 0.05) is 12.2 Å². The van der Waals surface area contributed by atoms with Gasteiger partial charge in [-0.15, -0.1) is 0 Å². The van der Waals surface area contributed by atoms with E-state index in [0.717, 1.165) is 4.90 Å². The summed E-state index contributed by atoms with van der Waals surface area (Å²) < 4.78 is 37.5. The Morgan fingerprint density at radius 1 is 1.40 bits per heavy atom. The van der Waals surface area contributed by atoms with E-state index in [-0.39, 0.29) is 6.54 Å². The van der Waals surface area contributed by atoms with Crippen LogP contribution < -0.4 is 5.73 Å². The summed E-state index contributed by atoms with van der Waals surface area (Å²) in [5, 5.41) is 0. The Bertz CT molecular complexity index is 460. The summed E-state index contributed by atoms with van der Waals surface area (Å²) in [6.07, 6.45) is -3.91. The summed E-state index contributed by atoms with van der Waals surface area (Å²) in [4.78, 5) is 13.1. The Morgan fingerprint density at radius 2 is 2.05 bits per heavy atom. The van der Waals surface area contributed by atoms with Gasteiger partial charge in [0.05, 0.1) is 5.92 Å². The Labute approximate surface area is 116 Å². The number of alkyl halides is 3. The van der Waals surface area contributed by atoms with Crippen LogP contribution in [0.4, 0.5) is 18.9 Å². The Hall–Kier alpha value is -1.72. The van der Waals surface area contributed by atoms with Gasteiger partial charge in [0.2, 0.25) is 5.91 Å². The monoisotopic (exact) mass is 288 g/mol. The first-order chi connectivity index (χ1) is 9.24. The number of nitrogen functional groups attached to an aromatic ring is 1. The van der Waals surface area contributed by atoms with Crippen molar-refractivity contribution in [3.63, 3.8) is 0 Å². The SMILES string of the molecule is CCCN(CC(F)(F)F)C(=O)C(C)c1cccc(N)c1. The van der Waals surface area contributed by atoms with Gasteiger partial charge in [-0.3, -0.25) is 4.79 Å². The van der Waals surface area contributed by atoms with Crippen molar-refractivity contribution in [1.82, 2.24) is 4.90 Å². The zero-order chi connectivity index (χ0) is 15.3. The van der Waals surface area contributed by atoms with E-state index >= 15 is 0 Å². The second kappa shape index (κ2) is 6.63. The summed E-state index contributed by atoms with van der Waals surface area (Å²) in [5.74, 6) is -1.18. The van der Waals surface area contributed by atoms with Gasteiger partial charge in [0.25, 0.3) is 0 Å². The predicted octanol–water partition coefficient (Wildman–Crippen LogP) is 3.17. The molecular weight excluding hydrogens is 269 g/mol. The minimum absolute atomic E-state index is 0.0883. The number of amides is 1. The fourth-order valence-corrected chi connectivity index (χ4v) is 2.00. The van der Waals surface area contributed by atoms with E-state index in [1.165, 1.54) is 0 Å². The summed E-state index contributed by atoms with van der Waals surface area (Å²) >= 11 is 0. The minimum Gasteiger partial charge on any atom is -0.399 e. The molecule has 0 fully saturated rings. The first kappa shape index (κ1) is 16.3. The number of carbonyl (C=O) groups is 1. The van der Waals surface area contributed by atoms with Gasteiger partial charge in [-0.05, 0) is 31.0 Å². The van der Waals surface area contributed by atoms with Crippen LogP contribution in [-0.2, 0) is 4.79 Å². The van der Waals surface area contributed by atoms with Crippen LogP contribution in [0.25, 0.3) is 0 Å². The average Bonchev–Trinajstić information content (AvgIpc) is 2.35. The lowest BCUT2D eigenvalue weighted by Gasteiger charge is -2.26. The lowest BCUT2D eigenvalue weighted by molar-refractivity contribution is -0.162. The van der Waals surface area contributed by atoms with Crippen molar-refractivity contribution in [2.24, 2.45) is 0 Å². The molecule has 0 aliphatic rings. The van der Waals surface area contributed by atoms with Crippen LogP contribution in [0, 0.1) is 0 Å². The second-order valence-corrected chi connectivity index (χ2v) is 4.77. The fraction of sp³-hybridized carbons (Fsp3) is 0.500. The molecule has 20 heavy (non-hydrogen) atoms. The normalized spacial score (nSPS) is 13.1. The predicted molar refractivity (Wildman–Crippen MR) is 72.2 cm³/mol. The summed E-state index contributed by atoms with van der Waals surface area (Å²) in [7, 11) is 0. The maximum atomic E-state index is 12.5. The number of carbonyl (C=O) groups excluding carboxylic acids is 1. The first-order valence-corrected chi connectivity index (χ1v) is 6.45. The molecule has 0 saturated carbocycles. The van der Waals surface area contributed by atoms with Crippen LogP contribution in [0.2, 0.25) is 0 Å². The van der Waals surface area contributed by atoms with Crippen LogP contribution in [0.3, 0.4) is 0 Å². The number of halogens is 3. The van der Waals surface area contributed by atoms with Crippen molar-refractivity contribution < 1.29 is 18.0 Å². The Balaban J connectivity index is 2.88. The zero-order valence-electron chi connectivity index (χ0n) is 11.6. The molecule has 1 aromatic carbocycles. The molecule has 3 nitrogen and oxygen atoms in total. The zero-order valence-corrected chi connectivity index (χ0v) is 11.6. The maximum absolute atomic E-state index is 12.5. The van der Waals surface area contributed by atoms with Crippen LogP contribution in [-0.4, -0.2) is 30.1 Å². The van der Waals surface area contributed by atoms with Crippen molar-refractivity contribution in [2.45, 2.75) is 32.4 Å². The molecule has 1 atom stereocenters. The molecule has 1 amide bonds. The molecule has 0 spiro atoms.